The van der Waals surface area contributed by atoms with Crippen LogP contribution in [0.2, 0.25) is 0 Å². The Morgan fingerprint density at radius 1 is 1.32 bits per heavy atom. The molecule has 120 valence electrons. The first-order valence-electron chi connectivity index (χ1n) is 6.57. The van der Waals surface area contributed by atoms with E-state index in [0.29, 0.717) is 11.1 Å². The molecule has 0 fully saturated rings. The fraction of sp³-hybridized carbons (Fsp3) is 0.400. The fourth-order valence-corrected chi connectivity index (χ4v) is 2.02. The Kier molecular flexibility index (Phi) is 6.27. The van der Waals surface area contributed by atoms with Gasteiger partial charge < -0.3 is 15.6 Å². The molecule has 1 aromatic rings. The largest absolute Gasteiger partial charge is 0.469 e. The highest BCUT2D eigenvalue weighted by molar-refractivity contribution is 5.96. The summed E-state index contributed by atoms with van der Waals surface area (Å²) in [4.78, 5) is 11.3. The molecule has 0 aliphatic heterocycles. The monoisotopic (exact) mass is 314 g/mol. The molecule has 1 unspecified atom stereocenters. The van der Waals surface area contributed by atoms with Crippen molar-refractivity contribution in [2.24, 2.45) is 5.92 Å². The Hall–Kier alpha value is -2.18. The molecule has 22 heavy (non-hydrogen) atoms. The number of aryl methyl sites for hydroxylation is 1. The number of esters is 1. The van der Waals surface area contributed by atoms with Gasteiger partial charge in [0.1, 0.15) is 5.92 Å². The van der Waals surface area contributed by atoms with Crippen molar-refractivity contribution in [2.75, 3.05) is 7.11 Å². The summed E-state index contributed by atoms with van der Waals surface area (Å²) < 4.78 is 42.5. The summed E-state index contributed by atoms with van der Waals surface area (Å²) in [6, 6.07) is 6.85. The zero-order valence-electron chi connectivity index (χ0n) is 12.0. The summed E-state index contributed by atoms with van der Waals surface area (Å²) in [7, 11) is 1.26. The van der Waals surface area contributed by atoms with Crippen LogP contribution in [0.1, 0.15) is 17.5 Å². The highest BCUT2D eigenvalue weighted by Gasteiger charge is 2.40. The van der Waals surface area contributed by atoms with Gasteiger partial charge in [-0.25, -0.2) is 0 Å². The van der Waals surface area contributed by atoms with Gasteiger partial charge in [0, 0.05) is 11.9 Å². The van der Waals surface area contributed by atoms with E-state index in [4.69, 9.17) is 10.8 Å². The van der Waals surface area contributed by atoms with Crippen molar-refractivity contribution in [3.63, 3.8) is 0 Å². The molecule has 0 aliphatic carbocycles. The summed E-state index contributed by atoms with van der Waals surface area (Å²) >= 11 is 0. The third-order valence-electron chi connectivity index (χ3n) is 3.24. The number of hydrogen-bond donors (Lipinski definition) is 2. The van der Waals surface area contributed by atoms with Crippen LogP contribution in [-0.2, 0) is 22.4 Å². The van der Waals surface area contributed by atoms with Gasteiger partial charge in [0.2, 0.25) is 0 Å². The fourth-order valence-electron chi connectivity index (χ4n) is 2.02. The third kappa shape index (κ3) is 4.98. The number of rotatable bonds is 7. The second-order valence-electron chi connectivity index (χ2n) is 4.73. The van der Waals surface area contributed by atoms with Crippen LogP contribution >= 0.6 is 0 Å². The van der Waals surface area contributed by atoms with Crippen LogP contribution in [0.25, 0.3) is 0 Å². The van der Waals surface area contributed by atoms with Crippen LogP contribution in [0, 0.1) is 16.7 Å². The first kappa shape index (κ1) is 17.9. The quantitative estimate of drug-likeness (QED) is 0.599. The maximum Gasteiger partial charge on any atom is 0.401 e. The van der Waals surface area contributed by atoms with Gasteiger partial charge in [0.05, 0.1) is 13.5 Å². The standard InChI is InChI=1S/C15H17F3N2O2/c1-22-14(21)8-11-5-3-2-4-10(11)6-7-13(20)12(9-19)15(16,17)18/h2-5,9,12,19-20H,6-8H2,1H3. The maximum atomic E-state index is 12.6. The molecular weight excluding hydrogens is 297 g/mol. The van der Waals surface area contributed by atoms with Gasteiger partial charge >= 0.3 is 12.1 Å². The van der Waals surface area contributed by atoms with E-state index in [0.717, 1.165) is 0 Å². The van der Waals surface area contributed by atoms with Crippen LogP contribution in [0.5, 0.6) is 0 Å². The Labute approximate surface area is 126 Å². The summed E-state index contributed by atoms with van der Waals surface area (Å²) in [5, 5.41) is 14.4. The lowest BCUT2D eigenvalue weighted by Gasteiger charge is -2.17. The highest BCUT2D eigenvalue weighted by atomic mass is 19.4. The normalized spacial score (nSPS) is 12.5. The van der Waals surface area contributed by atoms with E-state index < -0.39 is 23.8 Å². The molecule has 2 N–H and O–H groups in total. The van der Waals surface area contributed by atoms with Gasteiger partial charge in [-0.3, -0.25) is 4.79 Å². The second-order valence-corrected chi connectivity index (χ2v) is 4.73. The summed E-state index contributed by atoms with van der Waals surface area (Å²) in [6.07, 6.45) is -4.27. The van der Waals surface area contributed by atoms with Gasteiger partial charge in [-0.1, -0.05) is 24.3 Å². The SMILES string of the molecule is COC(=O)Cc1ccccc1CCC(=N)C(C=N)C(F)(F)F. The molecule has 0 radical (unpaired) electrons. The molecule has 0 bridgehead atoms. The molecule has 1 aromatic carbocycles. The number of nitrogens with one attached hydrogen (secondary N) is 2. The van der Waals surface area contributed by atoms with Gasteiger partial charge in [0.25, 0.3) is 0 Å². The first-order chi connectivity index (χ1) is 10.3. The van der Waals surface area contributed by atoms with Gasteiger partial charge in [0.15, 0.2) is 0 Å². The topological polar surface area (TPSA) is 74.0 Å². The van der Waals surface area contributed by atoms with Gasteiger partial charge in [-0.2, -0.15) is 13.2 Å². The van der Waals surface area contributed by atoms with Gasteiger partial charge in [-0.15, -0.1) is 0 Å². The maximum absolute atomic E-state index is 12.6. The Bertz CT molecular complexity index is 556. The van der Waals surface area contributed by atoms with E-state index in [-0.39, 0.29) is 25.5 Å². The minimum atomic E-state index is -4.62. The van der Waals surface area contributed by atoms with Crippen LogP contribution < -0.4 is 0 Å². The molecule has 4 nitrogen and oxygen atoms in total. The number of carbonyl (C=O) groups is 1. The van der Waals surface area contributed by atoms with E-state index in [1.165, 1.54) is 7.11 Å². The first-order valence-corrected chi connectivity index (χ1v) is 6.57. The van der Waals surface area contributed by atoms with E-state index >= 15 is 0 Å². The molecule has 0 amide bonds. The van der Waals surface area contributed by atoms with Crippen molar-refractivity contribution >= 4 is 17.9 Å². The lowest BCUT2D eigenvalue weighted by atomic mass is 9.94. The Balaban J connectivity index is 2.78. The molecule has 0 saturated carbocycles. The number of alkyl halides is 3. The number of hydrogen-bond acceptors (Lipinski definition) is 4. The Morgan fingerprint density at radius 2 is 1.91 bits per heavy atom. The molecule has 0 aromatic heterocycles. The van der Waals surface area contributed by atoms with Crippen molar-refractivity contribution in [2.45, 2.75) is 25.4 Å². The molecule has 7 heteroatoms. The molecule has 0 heterocycles. The summed E-state index contributed by atoms with van der Waals surface area (Å²) in [5.41, 5.74) is 0.805. The third-order valence-corrected chi connectivity index (χ3v) is 3.24. The van der Waals surface area contributed by atoms with Crippen molar-refractivity contribution in [3.8, 4) is 0 Å². The molecule has 0 spiro atoms. The van der Waals surface area contributed by atoms with Crippen molar-refractivity contribution in [3.05, 3.63) is 35.4 Å². The summed E-state index contributed by atoms with van der Waals surface area (Å²) in [5.74, 6) is -2.59. The smallest absolute Gasteiger partial charge is 0.401 e. The highest BCUT2D eigenvalue weighted by Crippen LogP contribution is 2.27. The van der Waals surface area contributed by atoms with Crippen LogP contribution in [0.15, 0.2) is 24.3 Å². The van der Waals surface area contributed by atoms with E-state index in [1.807, 2.05) is 0 Å². The zero-order chi connectivity index (χ0) is 16.8. The number of ether oxygens (including phenoxy) is 1. The average molecular weight is 314 g/mol. The number of benzene rings is 1. The molecule has 0 saturated heterocycles. The van der Waals surface area contributed by atoms with E-state index in [2.05, 4.69) is 4.74 Å². The minimum absolute atomic E-state index is 0.0350. The predicted octanol–water partition coefficient (Wildman–Crippen LogP) is 3.18. The lowest BCUT2D eigenvalue weighted by Crippen LogP contribution is -2.31. The lowest BCUT2D eigenvalue weighted by molar-refractivity contribution is -0.140. The number of carbonyl (C=O) groups excluding carboxylic acids is 1. The van der Waals surface area contributed by atoms with Crippen molar-refractivity contribution in [1.29, 1.82) is 10.8 Å². The Morgan fingerprint density at radius 3 is 2.41 bits per heavy atom. The predicted molar refractivity (Wildman–Crippen MR) is 76.5 cm³/mol. The molecule has 1 atom stereocenters. The summed E-state index contributed by atoms with van der Waals surface area (Å²) in [6.45, 7) is 0. The molecular formula is C15H17F3N2O2. The molecule has 0 aliphatic rings. The van der Waals surface area contributed by atoms with Gasteiger partial charge in [-0.05, 0) is 24.0 Å². The van der Waals surface area contributed by atoms with E-state index in [9.17, 15) is 18.0 Å². The number of halogens is 3. The number of methoxy groups -OCH3 is 1. The second kappa shape index (κ2) is 7.72. The van der Waals surface area contributed by atoms with Crippen molar-refractivity contribution in [1.82, 2.24) is 0 Å². The van der Waals surface area contributed by atoms with E-state index in [1.54, 1.807) is 24.3 Å². The molecule has 1 rings (SSSR count). The van der Waals surface area contributed by atoms with Crippen LogP contribution in [0.3, 0.4) is 0 Å². The van der Waals surface area contributed by atoms with Crippen LogP contribution in [-0.4, -0.2) is 31.2 Å². The van der Waals surface area contributed by atoms with Crippen molar-refractivity contribution < 1.29 is 22.7 Å². The van der Waals surface area contributed by atoms with Crippen LogP contribution in [0.4, 0.5) is 13.2 Å². The average Bonchev–Trinajstić information content (AvgIpc) is 2.45. The zero-order valence-corrected chi connectivity index (χ0v) is 12.0. The minimum Gasteiger partial charge on any atom is -0.469 e.